The highest BCUT2D eigenvalue weighted by Gasteiger charge is 2.20. The summed E-state index contributed by atoms with van der Waals surface area (Å²) in [5.74, 6) is 5.16. The second kappa shape index (κ2) is 7.94. The smallest absolute Gasteiger partial charge is 0.253 e. The highest BCUT2D eigenvalue weighted by molar-refractivity contribution is 5.88. The second-order valence-electron chi connectivity index (χ2n) is 6.54. The van der Waals surface area contributed by atoms with Gasteiger partial charge < -0.3 is 4.57 Å². The standard InChI is InChI=1S/C24H21N3O/c25-26-23(28)17-27-22(19-12-6-2-7-13-19)16-21(18-10-4-1-5-11-18)24(27)20-14-8-3-9-15-20/h1-16H,17,25H2,(H,26,28). The van der Waals surface area contributed by atoms with Crippen LogP contribution < -0.4 is 11.3 Å². The average molecular weight is 367 g/mol. The molecule has 28 heavy (non-hydrogen) atoms. The minimum Gasteiger partial charge on any atom is -0.330 e. The van der Waals surface area contributed by atoms with Crippen LogP contribution in [0.1, 0.15) is 0 Å². The van der Waals surface area contributed by atoms with Crippen molar-refractivity contribution in [3.05, 3.63) is 97.1 Å². The van der Waals surface area contributed by atoms with Gasteiger partial charge in [0, 0.05) is 11.3 Å². The van der Waals surface area contributed by atoms with Crippen LogP contribution in [0.15, 0.2) is 97.1 Å². The van der Waals surface area contributed by atoms with Crippen LogP contribution in [0.2, 0.25) is 0 Å². The first-order valence-electron chi connectivity index (χ1n) is 9.17. The summed E-state index contributed by atoms with van der Waals surface area (Å²) in [4.78, 5) is 12.2. The maximum absolute atomic E-state index is 12.2. The van der Waals surface area contributed by atoms with Gasteiger partial charge >= 0.3 is 0 Å². The Kier molecular flexibility index (Phi) is 5.04. The number of benzene rings is 3. The van der Waals surface area contributed by atoms with Crippen molar-refractivity contribution in [1.29, 1.82) is 0 Å². The Bertz CT molecular complexity index is 1070. The minimum absolute atomic E-state index is 0.137. The number of aromatic nitrogens is 1. The molecule has 0 atom stereocenters. The van der Waals surface area contributed by atoms with Crippen LogP contribution in [0.25, 0.3) is 33.6 Å². The largest absolute Gasteiger partial charge is 0.330 e. The van der Waals surface area contributed by atoms with Gasteiger partial charge in [-0.05, 0) is 22.8 Å². The van der Waals surface area contributed by atoms with Gasteiger partial charge in [-0.15, -0.1) is 0 Å². The number of nitrogens with two attached hydrogens (primary N) is 1. The second-order valence-corrected chi connectivity index (χ2v) is 6.54. The highest BCUT2D eigenvalue weighted by atomic mass is 16.2. The first-order chi connectivity index (χ1) is 13.8. The number of nitrogens with zero attached hydrogens (tertiary/aromatic N) is 1. The lowest BCUT2D eigenvalue weighted by molar-refractivity contribution is -0.121. The monoisotopic (exact) mass is 367 g/mol. The van der Waals surface area contributed by atoms with E-state index in [4.69, 9.17) is 5.84 Å². The Morgan fingerprint density at radius 2 is 1.25 bits per heavy atom. The Hall–Kier alpha value is -3.63. The molecule has 3 N–H and O–H groups in total. The summed E-state index contributed by atoms with van der Waals surface area (Å²) >= 11 is 0. The molecule has 0 spiro atoms. The molecule has 0 radical (unpaired) electrons. The van der Waals surface area contributed by atoms with Crippen molar-refractivity contribution in [1.82, 2.24) is 9.99 Å². The lowest BCUT2D eigenvalue weighted by Crippen LogP contribution is -2.33. The lowest BCUT2D eigenvalue weighted by atomic mass is 10.0. The molecule has 0 aliphatic heterocycles. The first-order valence-corrected chi connectivity index (χ1v) is 9.17. The van der Waals surface area contributed by atoms with Crippen molar-refractivity contribution in [3.63, 3.8) is 0 Å². The summed E-state index contributed by atoms with van der Waals surface area (Å²) in [6, 6.07) is 32.6. The van der Waals surface area contributed by atoms with E-state index in [1.54, 1.807) is 0 Å². The molecule has 0 unspecified atom stereocenters. The van der Waals surface area contributed by atoms with Crippen LogP contribution >= 0.6 is 0 Å². The zero-order valence-corrected chi connectivity index (χ0v) is 15.4. The number of nitrogens with one attached hydrogen (secondary N) is 1. The van der Waals surface area contributed by atoms with Gasteiger partial charge in [0.05, 0.1) is 5.69 Å². The van der Waals surface area contributed by atoms with Crippen molar-refractivity contribution in [3.8, 4) is 33.6 Å². The number of amides is 1. The van der Waals surface area contributed by atoms with Crippen LogP contribution in [0.3, 0.4) is 0 Å². The van der Waals surface area contributed by atoms with E-state index >= 15 is 0 Å². The summed E-state index contributed by atoms with van der Waals surface area (Å²) in [6.07, 6.45) is 0. The SMILES string of the molecule is NNC(=O)Cn1c(-c2ccccc2)cc(-c2ccccc2)c1-c1ccccc1. The maximum Gasteiger partial charge on any atom is 0.253 e. The van der Waals surface area contributed by atoms with Gasteiger partial charge in [0.1, 0.15) is 6.54 Å². The molecule has 1 amide bonds. The lowest BCUT2D eigenvalue weighted by Gasteiger charge is -2.14. The fourth-order valence-electron chi connectivity index (χ4n) is 3.50. The zero-order valence-electron chi connectivity index (χ0n) is 15.4. The van der Waals surface area contributed by atoms with Crippen molar-refractivity contribution < 1.29 is 4.79 Å². The molecule has 0 aliphatic rings. The van der Waals surface area contributed by atoms with E-state index in [2.05, 4.69) is 47.9 Å². The van der Waals surface area contributed by atoms with E-state index < -0.39 is 0 Å². The predicted octanol–water partition coefficient (Wildman–Crippen LogP) is 4.48. The number of hydrazine groups is 1. The first kappa shape index (κ1) is 17.8. The van der Waals surface area contributed by atoms with Crippen LogP contribution in [-0.4, -0.2) is 10.5 Å². The topological polar surface area (TPSA) is 60.0 Å². The number of rotatable bonds is 5. The zero-order chi connectivity index (χ0) is 19.3. The normalized spacial score (nSPS) is 10.6. The van der Waals surface area contributed by atoms with Gasteiger partial charge in [-0.2, -0.15) is 0 Å². The molecule has 4 nitrogen and oxygen atoms in total. The van der Waals surface area contributed by atoms with Crippen molar-refractivity contribution in [2.45, 2.75) is 6.54 Å². The molecule has 0 bridgehead atoms. The van der Waals surface area contributed by atoms with E-state index in [-0.39, 0.29) is 12.5 Å². The summed E-state index contributed by atoms with van der Waals surface area (Å²) in [5, 5.41) is 0. The van der Waals surface area contributed by atoms with Crippen LogP contribution in [-0.2, 0) is 11.3 Å². The molecule has 0 aliphatic carbocycles. The number of hydrogen-bond donors (Lipinski definition) is 2. The molecule has 1 aromatic heterocycles. The van der Waals surface area contributed by atoms with Gasteiger partial charge in [0.25, 0.3) is 5.91 Å². The fourth-order valence-corrected chi connectivity index (χ4v) is 3.50. The van der Waals surface area contributed by atoms with Crippen molar-refractivity contribution in [2.75, 3.05) is 0 Å². The quantitative estimate of drug-likeness (QED) is 0.310. The summed E-state index contributed by atoms with van der Waals surface area (Å²) < 4.78 is 2.04. The molecular weight excluding hydrogens is 346 g/mol. The summed E-state index contributed by atoms with van der Waals surface area (Å²) in [6.45, 7) is 0.137. The van der Waals surface area contributed by atoms with Gasteiger partial charge in [0.15, 0.2) is 0 Å². The van der Waals surface area contributed by atoms with Crippen LogP contribution in [0.5, 0.6) is 0 Å². The summed E-state index contributed by atoms with van der Waals surface area (Å²) in [5.41, 5.74) is 8.51. The Morgan fingerprint density at radius 3 is 1.79 bits per heavy atom. The third-order valence-electron chi connectivity index (χ3n) is 4.76. The van der Waals surface area contributed by atoms with Gasteiger partial charge in [-0.3, -0.25) is 10.2 Å². The molecule has 1 heterocycles. The minimum atomic E-state index is -0.246. The van der Waals surface area contributed by atoms with E-state index in [0.29, 0.717) is 0 Å². The molecule has 0 saturated heterocycles. The average Bonchev–Trinajstić information content (AvgIpc) is 3.14. The number of carbonyl (C=O) groups is 1. The predicted molar refractivity (Wildman–Crippen MR) is 113 cm³/mol. The maximum atomic E-state index is 12.2. The van der Waals surface area contributed by atoms with E-state index in [1.165, 1.54) is 0 Å². The van der Waals surface area contributed by atoms with Gasteiger partial charge in [0.2, 0.25) is 0 Å². The van der Waals surface area contributed by atoms with E-state index in [1.807, 2.05) is 59.2 Å². The molecule has 0 fully saturated rings. The van der Waals surface area contributed by atoms with Crippen LogP contribution in [0.4, 0.5) is 0 Å². The molecule has 4 rings (SSSR count). The molecule has 0 saturated carbocycles. The Labute approximate surface area is 164 Å². The molecule has 3 aromatic carbocycles. The van der Waals surface area contributed by atoms with E-state index in [0.717, 1.165) is 33.6 Å². The van der Waals surface area contributed by atoms with E-state index in [9.17, 15) is 4.79 Å². The third kappa shape index (κ3) is 3.46. The fraction of sp³-hybridized carbons (Fsp3) is 0.0417. The number of carbonyl (C=O) groups excluding carboxylic acids is 1. The molecule has 138 valence electrons. The molecular formula is C24H21N3O. The van der Waals surface area contributed by atoms with Crippen molar-refractivity contribution >= 4 is 5.91 Å². The number of hydrogen-bond acceptors (Lipinski definition) is 2. The van der Waals surface area contributed by atoms with Crippen molar-refractivity contribution in [2.24, 2.45) is 5.84 Å². The summed E-state index contributed by atoms with van der Waals surface area (Å²) in [7, 11) is 0. The highest BCUT2D eigenvalue weighted by Crippen LogP contribution is 2.38. The molecule has 4 aromatic rings. The molecule has 4 heteroatoms. The Morgan fingerprint density at radius 1 is 0.750 bits per heavy atom. The Balaban J connectivity index is 2.02. The van der Waals surface area contributed by atoms with Gasteiger partial charge in [-0.1, -0.05) is 91.0 Å². The van der Waals surface area contributed by atoms with Gasteiger partial charge in [-0.25, -0.2) is 5.84 Å². The van der Waals surface area contributed by atoms with Crippen LogP contribution in [0, 0.1) is 0 Å². The third-order valence-corrected chi connectivity index (χ3v) is 4.76.